The summed E-state index contributed by atoms with van der Waals surface area (Å²) in [7, 11) is 3.38. The predicted molar refractivity (Wildman–Crippen MR) is 176 cm³/mol. The Morgan fingerprint density at radius 1 is 1.02 bits per heavy atom. The van der Waals surface area contributed by atoms with Gasteiger partial charge in [0.2, 0.25) is 5.91 Å². The van der Waals surface area contributed by atoms with E-state index in [1.165, 1.54) is 11.1 Å². The molecule has 3 aliphatic rings. The maximum Gasteiger partial charge on any atom is 0.225 e. The van der Waals surface area contributed by atoms with Crippen molar-refractivity contribution in [3.63, 3.8) is 0 Å². The molecule has 242 valence electrons. The van der Waals surface area contributed by atoms with Gasteiger partial charge in [-0.1, -0.05) is 19.4 Å². The molecule has 0 unspecified atom stereocenters. The molecule has 0 atom stereocenters. The number of nitrogens with one attached hydrogen (secondary N) is 1. The third kappa shape index (κ3) is 5.65. The number of anilines is 1. The molecule has 7 rings (SSSR count). The lowest BCUT2D eigenvalue weighted by Crippen LogP contribution is -2.53. The van der Waals surface area contributed by atoms with Crippen LogP contribution in [0.25, 0.3) is 11.0 Å². The highest BCUT2D eigenvalue weighted by Gasteiger charge is 2.43. The lowest BCUT2D eigenvalue weighted by Gasteiger charge is -2.46. The van der Waals surface area contributed by atoms with Gasteiger partial charge in [0, 0.05) is 49.9 Å². The minimum atomic E-state index is -0.111. The van der Waals surface area contributed by atoms with Crippen molar-refractivity contribution in [3.8, 4) is 11.5 Å². The van der Waals surface area contributed by atoms with Crippen molar-refractivity contribution >= 4 is 22.8 Å². The van der Waals surface area contributed by atoms with Crippen LogP contribution in [-0.4, -0.2) is 82.5 Å². The summed E-state index contributed by atoms with van der Waals surface area (Å²) in [6, 6.07) is 10.5. The first kappa shape index (κ1) is 30.4. The zero-order chi connectivity index (χ0) is 31.7. The van der Waals surface area contributed by atoms with Crippen molar-refractivity contribution in [2.45, 2.75) is 64.0 Å². The number of fused-ring (bicyclic) bond motifs is 3. The van der Waals surface area contributed by atoms with Crippen LogP contribution < -0.4 is 19.7 Å². The summed E-state index contributed by atoms with van der Waals surface area (Å²) in [6.45, 7) is 6.50. The van der Waals surface area contributed by atoms with E-state index < -0.39 is 0 Å². The van der Waals surface area contributed by atoms with Crippen molar-refractivity contribution in [2.24, 2.45) is 5.92 Å². The van der Waals surface area contributed by atoms with Crippen LogP contribution in [0.15, 0.2) is 42.9 Å². The number of hydrogen-bond donors (Lipinski definition) is 1. The average molecular weight is 625 g/mol. The van der Waals surface area contributed by atoms with Crippen molar-refractivity contribution < 1.29 is 14.3 Å². The Kier molecular flexibility index (Phi) is 8.50. The minimum absolute atomic E-state index is 0.0536. The number of methoxy groups -OCH3 is 2. The zero-order valence-electron chi connectivity index (χ0n) is 27.2. The summed E-state index contributed by atoms with van der Waals surface area (Å²) in [5.74, 6) is 2.77. The molecule has 5 heterocycles. The molecule has 0 bridgehead atoms. The van der Waals surface area contributed by atoms with Crippen molar-refractivity contribution in [2.75, 3.05) is 51.8 Å². The number of carbonyl (C=O) groups excluding carboxylic acids is 1. The van der Waals surface area contributed by atoms with Gasteiger partial charge in [0.15, 0.2) is 17.1 Å². The maximum absolute atomic E-state index is 13.8. The van der Waals surface area contributed by atoms with Crippen LogP contribution in [-0.2, 0) is 29.7 Å². The molecule has 2 fully saturated rings. The first-order valence-electron chi connectivity index (χ1n) is 16.7. The number of amides is 1. The van der Waals surface area contributed by atoms with E-state index in [4.69, 9.17) is 14.5 Å². The molecule has 3 aromatic heterocycles. The molecular formula is C35H44N8O3. The van der Waals surface area contributed by atoms with Gasteiger partial charge in [0.1, 0.15) is 12.1 Å². The molecule has 2 aliphatic heterocycles. The lowest BCUT2D eigenvalue weighted by atomic mass is 9.69. The summed E-state index contributed by atoms with van der Waals surface area (Å²) in [4.78, 5) is 32.1. The first-order chi connectivity index (χ1) is 22.5. The third-order valence-corrected chi connectivity index (χ3v) is 10.2. The van der Waals surface area contributed by atoms with E-state index in [9.17, 15) is 4.79 Å². The molecule has 1 N–H and O–H groups in total. The fourth-order valence-electron chi connectivity index (χ4n) is 7.72. The zero-order valence-corrected chi connectivity index (χ0v) is 27.2. The van der Waals surface area contributed by atoms with Gasteiger partial charge in [0.25, 0.3) is 0 Å². The Bertz CT molecular complexity index is 1710. The third-order valence-electron chi connectivity index (χ3n) is 10.2. The largest absolute Gasteiger partial charge is 0.493 e. The Labute approximate surface area is 270 Å². The van der Waals surface area contributed by atoms with Gasteiger partial charge in [-0.3, -0.25) is 9.78 Å². The monoisotopic (exact) mass is 624 g/mol. The quantitative estimate of drug-likeness (QED) is 0.310. The van der Waals surface area contributed by atoms with Crippen molar-refractivity contribution in [3.05, 3.63) is 65.4 Å². The first-order valence-corrected chi connectivity index (χ1v) is 16.7. The molecule has 1 spiro atoms. The molecule has 1 aliphatic carbocycles. The number of rotatable bonds is 8. The lowest BCUT2D eigenvalue weighted by molar-refractivity contribution is -0.137. The number of hydrogen-bond acceptors (Lipinski definition) is 9. The number of pyridine rings is 1. The summed E-state index contributed by atoms with van der Waals surface area (Å²) >= 11 is 0. The highest BCUT2D eigenvalue weighted by atomic mass is 16.5. The molecule has 1 amide bonds. The topological polar surface area (TPSA) is 111 Å². The number of carbonyl (C=O) groups is 1. The van der Waals surface area contributed by atoms with Crippen LogP contribution in [0.2, 0.25) is 0 Å². The Balaban J connectivity index is 0.987. The van der Waals surface area contributed by atoms with Crippen LogP contribution in [0.3, 0.4) is 0 Å². The normalized spacial score (nSPS) is 21.4. The number of aromatic nitrogens is 5. The number of aryl methyl sites for hydroxylation is 1. The fraction of sp³-hybridized carbons (Fsp3) is 0.514. The van der Waals surface area contributed by atoms with Crippen molar-refractivity contribution in [1.82, 2.24) is 34.9 Å². The molecule has 46 heavy (non-hydrogen) atoms. The average Bonchev–Trinajstić information content (AvgIpc) is 3.51. The second-order valence-electron chi connectivity index (χ2n) is 12.8. The SMILES string of the molecule is CCCc1cccc(Cn2ncc3c(N4CCN(C(=O)[C@H]5CC[C@@]6(CC5)NCCc5cc(OC)c(OC)cc56)CC4)ncnc32)n1. The smallest absolute Gasteiger partial charge is 0.225 e. The van der Waals surface area contributed by atoms with E-state index in [2.05, 4.69) is 61.4 Å². The van der Waals surface area contributed by atoms with Crippen LogP contribution in [0, 0.1) is 5.92 Å². The number of benzene rings is 1. The summed E-state index contributed by atoms with van der Waals surface area (Å²) < 4.78 is 13.1. The summed E-state index contributed by atoms with van der Waals surface area (Å²) in [5.41, 5.74) is 5.39. The van der Waals surface area contributed by atoms with E-state index in [0.717, 1.165) is 104 Å². The van der Waals surface area contributed by atoms with Crippen LogP contribution >= 0.6 is 0 Å². The molecule has 0 radical (unpaired) electrons. The van der Waals surface area contributed by atoms with E-state index in [1.807, 2.05) is 16.9 Å². The van der Waals surface area contributed by atoms with Gasteiger partial charge in [-0.2, -0.15) is 5.10 Å². The highest BCUT2D eigenvalue weighted by Crippen LogP contribution is 2.46. The van der Waals surface area contributed by atoms with E-state index in [1.54, 1.807) is 20.5 Å². The molecule has 1 saturated heterocycles. The van der Waals surface area contributed by atoms with Gasteiger partial charge in [0.05, 0.1) is 38.0 Å². The predicted octanol–water partition coefficient (Wildman–Crippen LogP) is 4.12. The van der Waals surface area contributed by atoms with Crippen molar-refractivity contribution in [1.29, 1.82) is 0 Å². The molecule has 11 nitrogen and oxygen atoms in total. The minimum Gasteiger partial charge on any atom is -0.493 e. The molecule has 11 heteroatoms. The van der Waals surface area contributed by atoms with E-state index in [0.29, 0.717) is 19.6 Å². The van der Waals surface area contributed by atoms with E-state index in [-0.39, 0.29) is 17.4 Å². The highest BCUT2D eigenvalue weighted by molar-refractivity contribution is 5.87. The van der Waals surface area contributed by atoms with Crippen LogP contribution in [0.4, 0.5) is 5.82 Å². The Morgan fingerprint density at radius 3 is 2.54 bits per heavy atom. The van der Waals surface area contributed by atoms with Gasteiger partial charge in [-0.15, -0.1) is 0 Å². The van der Waals surface area contributed by atoms with Gasteiger partial charge < -0.3 is 24.6 Å². The number of ether oxygens (including phenoxy) is 2. The molecular weight excluding hydrogens is 580 g/mol. The molecule has 1 aromatic carbocycles. The Hall–Kier alpha value is -4.25. The van der Waals surface area contributed by atoms with Crippen LogP contribution in [0.1, 0.15) is 61.5 Å². The van der Waals surface area contributed by atoms with Gasteiger partial charge in [-0.25, -0.2) is 14.6 Å². The standard InChI is InChI=1S/C35H44N8O3/c1-4-6-26-7-5-8-27(40-26)22-43-33-28(21-39-43)32(36-23-37-33)41-15-17-42(18-16-41)34(44)24-9-12-35(13-10-24)29-20-31(46-3)30(45-2)19-25(29)11-14-38-35/h5,7-8,19-21,23-24,38H,4,6,9-18,22H2,1-3H3/t24-,35-. The summed E-state index contributed by atoms with van der Waals surface area (Å²) in [5, 5.41) is 9.42. The van der Waals surface area contributed by atoms with Gasteiger partial charge >= 0.3 is 0 Å². The second kappa shape index (κ2) is 12.9. The second-order valence-corrected chi connectivity index (χ2v) is 12.8. The van der Waals surface area contributed by atoms with Crippen LogP contribution in [0.5, 0.6) is 11.5 Å². The maximum atomic E-state index is 13.8. The number of nitrogens with zero attached hydrogens (tertiary/aromatic N) is 7. The number of piperazine rings is 1. The molecule has 1 saturated carbocycles. The Morgan fingerprint density at radius 2 is 1.78 bits per heavy atom. The molecule has 4 aromatic rings. The van der Waals surface area contributed by atoms with E-state index >= 15 is 0 Å². The fourth-order valence-corrected chi connectivity index (χ4v) is 7.72. The summed E-state index contributed by atoms with van der Waals surface area (Å²) in [6.07, 6.45) is 10.1. The van der Waals surface area contributed by atoms with Gasteiger partial charge in [-0.05, 0) is 73.9 Å².